The van der Waals surface area contributed by atoms with Crippen molar-refractivity contribution < 1.29 is 14.7 Å². The summed E-state index contributed by atoms with van der Waals surface area (Å²) < 4.78 is 0. The molecule has 0 aliphatic rings. The monoisotopic (exact) mass is 260 g/mol. The fraction of sp³-hybridized carbons (Fsp3) is 0.286. The lowest BCUT2D eigenvalue weighted by Gasteiger charge is -2.27. The number of carbonyl (C=O) groups excluding carboxylic acids is 1. The molecular formula is C14H16N2O3. The van der Waals surface area contributed by atoms with Crippen LogP contribution in [-0.2, 0) is 4.79 Å². The van der Waals surface area contributed by atoms with Crippen LogP contribution in [0, 0.1) is 12.3 Å². The third kappa shape index (κ3) is 4.03. The molecule has 5 heteroatoms. The van der Waals surface area contributed by atoms with E-state index in [1.54, 1.807) is 37.3 Å². The highest BCUT2D eigenvalue weighted by Gasteiger charge is 2.22. The quantitative estimate of drug-likeness (QED) is 0.819. The number of carboxylic acid groups (broad SMARTS) is 1. The Morgan fingerprint density at radius 2 is 1.95 bits per heavy atom. The van der Waals surface area contributed by atoms with Crippen molar-refractivity contribution in [2.45, 2.75) is 6.92 Å². The second kappa shape index (κ2) is 7.07. The predicted octanol–water partition coefficient (Wildman–Crippen LogP) is 1.65. The molecule has 1 N–H and O–H groups in total. The first-order valence-electron chi connectivity index (χ1n) is 5.86. The molecule has 1 rings (SSSR count). The molecular weight excluding hydrogens is 244 g/mol. The smallest absolute Gasteiger partial charge is 0.325 e. The van der Waals surface area contributed by atoms with Crippen molar-refractivity contribution >= 4 is 17.7 Å². The molecule has 0 saturated heterocycles. The van der Waals surface area contributed by atoms with Gasteiger partial charge in [-0.05, 0) is 19.1 Å². The van der Waals surface area contributed by atoms with E-state index in [0.717, 1.165) is 0 Å². The maximum atomic E-state index is 12.3. The number of anilines is 1. The summed E-state index contributed by atoms with van der Waals surface area (Å²) in [6, 6.07) is 8.25. The van der Waals surface area contributed by atoms with Crippen molar-refractivity contribution in [1.29, 1.82) is 0 Å². The molecule has 0 aliphatic carbocycles. The molecule has 5 nitrogen and oxygen atoms in total. The van der Waals surface area contributed by atoms with E-state index >= 15 is 0 Å². The number of aliphatic carboxylic acids is 1. The number of rotatable bonds is 5. The molecule has 2 amide bonds. The Bertz CT molecular complexity index is 479. The van der Waals surface area contributed by atoms with Gasteiger partial charge in [0.1, 0.15) is 6.54 Å². The zero-order chi connectivity index (χ0) is 14.3. The molecule has 0 atom stereocenters. The minimum absolute atomic E-state index is 0.151. The maximum Gasteiger partial charge on any atom is 0.325 e. The molecule has 0 aromatic heterocycles. The standard InChI is InChI=1S/C14H16N2O3/c1-3-10-15(4-2)14(19)16(11-13(17)18)12-8-6-5-7-9-12/h1,5-9H,4,10-11H2,2H3,(H,17,18). The van der Waals surface area contributed by atoms with Crippen molar-refractivity contribution in [2.75, 3.05) is 24.5 Å². The fourth-order valence-electron chi connectivity index (χ4n) is 1.61. The second-order valence-corrected chi connectivity index (χ2v) is 3.82. The van der Waals surface area contributed by atoms with Crippen LogP contribution in [0.3, 0.4) is 0 Å². The van der Waals surface area contributed by atoms with Crippen LogP contribution in [0.2, 0.25) is 0 Å². The lowest BCUT2D eigenvalue weighted by Crippen LogP contribution is -2.45. The van der Waals surface area contributed by atoms with Crippen molar-refractivity contribution in [3.63, 3.8) is 0 Å². The average Bonchev–Trinajstić information content (AvgIpc) is 2.42. The Morgan fingerprint density at radius 3 is 2.42 bits per heavy atom. The molecule has 0 heterocycles. The number of urea groups is 1. The maximum absolute atomic E-state index is 12.3. The molecule has 0 saturated carbocycles. The summed E-state index contributed by atoms with van der Waals surface area (Å²) in [6.07, 6.45) is 5.20. The van der Waals surface area contributed by atoms with E-state index in [-0.39, 0.29) is 6.54 Å². The molecule has 1 aromatic rings. The van der Waals surface area contributed by atoms with Crippen LogP contribution < -0.4 is 4.90 Å². The topological polar surface area (TPSA) is 60.9 Å². The molecule has 0 spiro atoms. The SMILES string of the molecule is C#CCN(CC)C(=O)N(CC(=O)O)c1ccccc1. The highest BCUT2D eigenvalue weighted by Crippen LogP contribution is 2.15. The van der Waals surface area contributed by atoms with Crippen LogP contribution in [-0.4, -0.2) is 41.6 Å². The van der Waals surface area contributed by atoms with Gasteiger partial charge >= 0.3 is 12.0 Å². The van der Waals surface area contributed by atoms with Crippen LogP contribution in [0.4, 0.5) is 10.5 Å². The average molecular weight is 260 g/mol. The molecule has 0 aliphatic heterocycles. The highest BCUT2D eigenvalue weighted by atomic mass is 16.4. The van der Waals surface area contributed by atoms with E-state index in [2.05, 4.69) is 5.92 Å². The van der Waals surface area contributed by atoms with Gasteiger partial charge in [-0.15, -0.1) is 6.42 Å². The van der Waals surface area contributed by atoms with E-state index in [1.165, 1.54) is 9.80 Å². The first kappa shape index (κ1) is 14.6. The summed E-state index contributed by atoms with van der Waals surface area (Å²) >= 11 is 0. The molecule has 100 valence electrons. The van der Waals surface area contributed by atoms with Gasteiger partial charge < -0.3 is 10.0 Å². The third-order valence-corrected chi connectivity index (χ3v) is 2.53. The van der Waals surface area contributed by atoms with Gasteiger partial charge in [-0.2, -0.15) is 0 Å². The van der Waals surface area contributed by atoms with Crippen molar-refractivity contribution in [1.82, 2.24) is 4.90 Å². The van der Waals surface area contributed by atoms with E-state index < -0.39 is 18.5 Å². The Morgan fingerprint density at radius 1 is 1.32 bits per heavy atom. The van der Waals surface area contributed by atoms with Crippen LogP contribution in [0.25, 0.3) is 0 Å². The van der Waals surface area contributed by atoms with E-state index in [9.17, 15) is 9.59 Å². The van der Waals surface area contributed by atoms with E-state index in [4.69, 9.17) is 11.5 Å². The number of amides is 2. The van der Waals surface area contributed by atoms with E-state index in [0.29, 0.717) is 12.2 Å². The Kier molecular flexibility index (Phi) is 5.42. The van der Waals surface area contributed by atoms with Gasteiger partial charge in [-0.1, -0.05) is 24.1 Å². The number of hydrogen-bond donors (Lipinski definition) is 1. The number of carboxylic acids is 1. The number of para-hydroxylation sites is 1. The molecule has 0 unspecified atom stereocenters. The van der Waals surface area contributed by atoms with Crippen LogP contribution in [0.15, 0.2) is 30.3 Å². The Labute approximate surface area is 112 Å². The normalized spacial score (nSPS) is 9.47. The van der Waals surface area contributed by atoms with Crippen LogP contribution >= 0.6 is 0 Å². The zero-order valence-corrected chi connectivity index (χ0v) is 10.7. The van der Waals surface area contributed by atoms with Gasteiger partial charge in [0.2, 0.25) is 0 Å². The molecule has 0 radical (unpaired) electrons. The number of terminal acetylenes is 1. The van der Waals surface area contributed by atoms with Crippen molar-refractivity contribution in [2.24, 2.45) is 0 Å². The van der Waals surface area contributed by atoms with Gasteiger partial charge in [-0.25, -0.2) is 4.79 Å². The number of benzene rings is 1. The fourth-order valence-corrected chi connectivity index (χ4v) is 1.61. The summed E-state index contributed by atoms with van der Waals surface area (Å²) in [7, 11) is 0. The number of hydrogen-bond acceptors (Lipinski definition) is 2. The largest absolute Gasteiger partial charge is 0.480 e. The minimum Gasteiger partial charge on any atom is -0.480 e. The van der Waals surface area contributed by atoms with Crippen LogP contribution in [0.5, 0.6) is 0 Å². The summed E-state index contributed by atoms with van der Waals surface area (Å²) in [5, 5.41) is 8.93. The predicted molar refractivity (Wildman–Crippen MR) is 72.9 cm³/mol. The van der Waals surface area contributed by atoms with Crippen LogP contribution in [0.1, 0.15) is 6.92 Å². The van der Waals surface area contributed by atoms with Crippen molar-refractivity contribution in [3.05, 3.63) is 30.3 Å². The third-order valence-electron chi connectivity index (χ3n) is 2.53. The first-order chi connectivity index (χ1) is 9.10. The zero-order valence-electron chi connectivity index (χ0n) is 10.7. The number of nitrogens with zero attached hydrogens (tertiary/aromatic N) is 2. The molecule has 0 bridgehead atoms. The lowest BCUT2D eigenvalue weighted by molar-refractivity contribution is -0.135. The molecule has 19 heavy (non-hydrogen) atoms. The highest BCUT2D eigenvalue weighted by molar-refractivity contribution is 5.96. The molecule has 1 aromatic carbocycles. The summed E-state index contributed by atoms with van der Waals surface area (Å²) in [5.74, 6) is 1.32. The van der Waals surface area contributed by atoms with Gasteiger partial charge in [0.15, 0.2) is 0 Å². The Balaban J connectivity index is 3.00. The van der Waals surface area contributed by atoms with Gasteiger partial charge in [-0.3, -0.25) is 9.69 Å². The van der Waals surface area contributed by atoms with Gasteiger partial charge in [0.05, 0.1) is 6.54 Å². The summed E-state index contributed by atoms with van der Waals surface area (Å²) in [6.45, 7) is 1.97. The first-order valence-corrected chi connectivity index (χ1v) is 5.86. The Hall–Kier alpha value is -2.48. The van der Waals surface area contributed by atoms with Gasteiger partial charge in [0.25, 0.3) is 0 Å². The second-order valence-electron chi connectivity index (χ2n) is 3.82. The minimum atomic E-state index is -1.08. The molecule has 0 fully saturated rings. The lowest BCUT2D eigenvalue weighted by atomic mass is 10.3. The summed E-state index contributed by atoms with van der Waals surface area (Å²) in [4.78, 5) is 25.8. The summed E-state index contributed by atoms with van der Waals surface area (Å²) in [5.41, 5.74) is 0.533. The number of carbonyl (C=O) groups is 2. The van der Waals surface area contributed by atoms with Gasteiger partial charge in [0, 0.05) is 12.2 Å². The van der Waals surface area contributed by atoms with E-state index in [1.807, 2.05) is 0 Å². The van der Waals surface area contributed by atoms with Crippen molar-refractivity contribution in [3.8, 4) is 12.3 Å².